The molecule has 0 saturated heterocycles. The number of carbonyl (C=O) groups is 1. The van der Waals surface area contributed by atoms with Gasteiger partial charge in [0, 0.05) is 22.4 Å². The highest BCUT2D eigenvalue weighted by Gasteiger charge is 2.27. The van der Waals surface area contributed by atoms with E-state index in [0.29, 0.717) is 36.9 Å². The second-order valence-corrected chi connectivity index (χ2v) is 7.74. The number of nitrogen functional groups attached to an aromatic ring is 1. The molecule has 0 fully saturated rings. The van der Waals surface area contributed by atoms with Crippen molar-refractivity contribution in [3.63, 3.8) is 0 Å². The number of allylic oxidation sites excluding steroid dienone is 1. The van der Waals surface area contributed by atoms with Crippen LogP contribution >= 0.6 is 27.7 Å². The van der Waals surface area contributed by atoms with Crippen molar-refractivity contribution in [3.8, 4) is 11.5 Å². The number of phenolic OH excluding ortho intramolecular Hbond substituents is 1. The molecule has 140 valence electrons. The lowest BCUT2D eigenvalue weighted by Gasteiger charge is -2.11. The van der Waals surface area contributed by atoms with Crippen LogP contribution in [0.3, 0.4) is 0 Å². The first kappa shape index (κ1) is 18.5. The topological polar surface area (TPSA) is 111 Å². The van der Waals surface area contributed by atoms with Gasteiger partial charge in [0.15, 0.2) is 11.5 Å². The molecule has 0 saturated carbocycles. The number of fused-ring (bicyclic) bond motifs is 1. The Morgan fingerprint density at radius 3 is 2.96 bits per heavy atom. The van der Waals surface area contributed by atoms with Crippen LogP contribution in [-0.2, 0) is 6.61 Å². The maximum atomic E-state index is 12.6. The number of phenols is 1. The van der Waals surface area contributed by atoms with Gasteiger partial charge in [0.05, 0.1) is 10.5 Å². The highest BCUT2D eigenvalue weighted by molar-refractivity contribution is 9.10. The van der Waals surface area contributed by atoms with Crippen molar-refractivity contribution in [2.45, 2.75) is 11.6 Å². The molecule has 0 unspecified atom stereocenters. The largest absolute Gasteiger partial charge is 0.504 e. The first-order chi connectivity index (χ1) is 13.5. The summed E-state index contributed by atoms with van der Waals surface area (Å²) in [5.41, 5.74) is 7.67. The number of ketones is 1. The minimum absolute atomic E-state index is 0.0419. The number of rotatable bonds is 4. The molecule has 28 heavy (non-hydrogen) atoms. The molecular weight excluding hydrogens is 444 g/mol. The second kappa shape index (κ2) is 7.61. The fraction of sp³-hybridized carbons (Fsp3) is 0.0526. The number of halogens is 1. The summed E-state index contributed by atoms with van der Waals surface area (Å²) in [6.07, 6.45) is 6.30. The summed E-state index contributed by atoms with van der Waals surface area (Å²) in [5, 5.41) is 10.9. The molecule has 1 aliphatic rings. The number of hydrogen-bond donors (Lipinski definition) is 2. The molecule has 9 heteroatoms. The number of benzene rings is 1. The molecule has 1 aliphatic heterocycles. The van der Waals surface area contributed by atoms with Crippen molar-refractivity contribution < 1.29 is 14.6 Å². The standard InChI is InChI=1S/C19H13BrN4O3S/c20-13-6-14(25)15(27-8-11-7-22-9-24-18(11)21)4-10(13)5-16-17(26)12-2-1-3-23-19(12)28-16/h1-7,9,25H,8H2,(H2,21,22,24)/b16-5-. The summed E-state index contributed by atoms with van der Waals surface area (Å²) in [6, 6.07) is 6.66. The van der Waals surface area contributed by atoms with Gasteiger partial charge in [-0.15, -0.1) is 0 Å². The van der Waals surface area contributed by atoms with Crippen LogP contribution in [0.4, 0.5) is 5.82 Å². The van der Waals surface area contributed by atoms with Gasteiger partial charge in [0.1, 0.15) is 23.8 Å². The van der Waals surface area contributed by atoms with Gasteiger partial charge in [-0.05, 0) is 35.9 Å². The van der Waals surface area contributed by atoms with Gasteiger partial charge in [0.2, 0.25) is 5.78 Å². The number of aromatic nitrogens is 3. The Morgan fingerprint density at radius 2 is 2.18 bits per heavy atom. The van der Waals surface area contributed by atoms with E-state index in [0.717, 1.165) is 0 Å². The van der Waals surface area contributed by atoms with Crippen LogP contribution in [0.2, 0.25) is 0 Å². The maximum Gasteiger partial charge on any atom is 0.202 e. The summed E-state index contributed by atoms with van der Waals surface area (Å²) in [5.74, 6) is 0.445. The van der Waals surface area contributed by atoms with E-state index in [1.54, 1.807) is 36.7 Å². The van der Waals surface area contributed by atoms with E-state index in [1.165, 1.54) is 24.2 Å². The Hall–Kier alpha value is -2.91. The summed E-state index contributed by atoms with van der Waals surface area (Å²) in [4.78, 5) is 25.2. The molecule has 2 aromatic heterocycles. The van der Waals surface area contributed by atoms with E-state index in [2.05, 4.69) is 30.9 Å². The van der Waals surface area contributed by atoms with Gasteiger partial charge < -0.3 is 15.6 Å². The highest BCUT2D eigenvalue weighted by atomic mass is 79.9. The number of anilines is 1. The lowest BCUT2D eigenvalue weighted by atomic mass is 10.1. The number of carbonyl (C=O) groups excluding carboxylic acids is 1. The molecule has 0 atom stereocenters. The normalized spacial score (nSPS) is 14.3. The quantitative estimate of drug-likeness (QED) is 0.569. The second-order valence-electron chi connectivity index (χ2n) is 5.86. The molecule has 3 N–H and O–H groups in total. The maximum absolute atomic E-state index is 12.6. The van der Waals surface area contributed by atoms with E-state index >= 15 is 0 Å². The molecule has 3 heterocycles. The zero-order valence-electron chi connectivity index (χ0n) is 14.3. The SMILES string of the molecule is Nc1ncncc1COc1cc(/C=C2\Sc3ncccc3C2=O)c(Br)cc1O. The number of ether oxygens (including phenoxy) is 1. The molecule has 0 amide bonds. The van der Waals surface area contributed by atoms with E-state index in [9.17, 15) is 9.90 Å². The lowest BCUT2D eigenvalue weighted by molar-refractivity contribution is 0.104. The molecule has 0 bridgehead atoms. The zero-order chi connectivity index (χ0) is 19.7. The average Bonchev–Trinajstić information content (AvgIpc) is 3.00. The number of thioether (sulfide) groups is 1. The molecular formula is C19H13BrN4O3S. The van der Waals surface area contributed by atoms with Crippen LogP contribution in [0.1, 0.15) is 21.5 Å². The monoisotopic (exact) mass is 456 g/mol. The van der Waals surface area contributed by atoms with Gasteiger partial charge in [-0.1, -0.05) is 27.7 Å². The molecule has 0 radical (unpaired) electrons. The number of nitrogens with zero attached hydrogens (tertiary/aromatic N) is 3. The van der Waals surface area contributed by atoms with Crippen LogP contribution in [0.25, 0.3) is 6.08 Å². The Kier molecular flexibility index (Phi) is 5.01. The summed E-state index contributed by atoms with van der Waals surface area (Å²) < 4.78 is 6.32. The van der Waals surface area contributed by atoms with Crippen molar-refractivity contribution in [2.75, 3.05) is 5.73 Å². The number of aromatic hydroxyl groups is 1. The summed E-state index contributed by atoms with van der Waals surface area (Å²) in [6.45, 7) is 0.0981. The molecule has 1 aromatic carbocycles. The minimum atomic E-state index is -0.0789. The lowest BCUT2D eigenvalue weighted by Crippen LogP contribution is -2.03. The number of hydrogen-bond acceptors (Lipinski definition) is 8. The molecule has 0 aliphatic carbocycles. The van der Waals surface area contributed by atoms with Gasteiger partial charge in [-0.2, -0.15) is 0 Å². The first-order valence-corrected chi connectivity index (χ1v) is 9.73. The third kappa shape index (κ3) is 3.58. The first-order valence-electron chi connectivity index (χ1n) is 8.12. The Balaban J connectivity index is 1.61. The van der Waals surface area contributed by atoms with Crippen molar-refractivity contribution >= 4 is 45.4 Å². The fourth-order valence-electron chi connectivity index (χ4n) is 2.58. The third-order valence-electron chi connectivity index (χ3n) is 4.02. The van der Waals surface area contributed by atoms with E-state index in [4.69, 9.17) is 10.5 Å². The molecule has 0 spiro atoms. The van der Waals surface area contributed by atoms with Crippen LogP contribution < -0.4 is 10.5 Å². The Bertz CT molecular complexity index is 1120. The van der Waals surface area contributed by atoms with Gasteiger partial charge in [-0.3, -0.25) is 4.79 Å². The zero-order valence-corrected chi connectivity index (χ0v) is 16.7. The predicted molar refractivity (Wildman–Crippen MR) is 109 cm³/mol. The summed E-state index contributed by atoms with van der Waals surface area (Å²) >= 11 is 4.73. The van der Waals surface area contributed by atoms with Crippen molar-refractivity contribution in [2.24, 2.45) is 0 Å². The van der Waals surface area contributed by atoms with Gasteiger partial charge >= 0.3 is 0 Å². The minimum Gasteiger partial charge on any atom is -0.504 e. The van der Waals surface area contributed by atoms with E-state index < -0.39 is 0 Å². The molecule has 7 nitrogen and oxygen atoms in total. The van der Waals surface area contributed by atoms with Gasteiger partial charge in [-0.25, -0.2) is 15.0 Å². The Labute approximate surface area is 172 Å². The van der Waals surface area contributed by atoms with E-state index in [1.807, 2.05) is 0 Å². The van der Waals surface area contributed by atoms with Crippen molar-refractivity contribution in [1.29, 1.82) is 0 Å². The summed E-state index contributed by atoms with van der Waals surface area (Å²) in [7, 11) is 0. The molecule has 3 aromatic rings. The van der Waals surface area contributed by atoms with Crippen LogP contribution in [0.5, 0.6) is 11.5 Å². The number of pyridine rings is 1. The van der Waals surface area contributed by atoms with Crippen LogP contribution in [0, 0.1) is 0 Å². The van der Waals surface area contributed by atoms with Crippen molar-refractivity contribution in [1.82, 2.24) is 15.0 Å². The molecule has 4 rings (SSSR count). The van der Waals surface area contributed by atoms with E-state index in [-0.39, 0.29) is 23.9 Å². The average molecular weight is 457 g/mol. The predicted octanol–water partition coefficient (Wildman–Crippen LogP) is 3.83. The van der Waals surface area contributed by atoms with Crippen LogP contribution in [-0.4, -0.2) is 25.8 Å². The third-order valence-corrected chi connectivity index (χ3v) is 5.75. The van der Waals surface area contributed by atoms with Crippen LogP contribution in [0.15, 0.2) is 57.4 Å². The van der Waals surface area contributed by atoms with Gasteiger partial charge in [0.25, 0.3) is 0 Å². The number of Topliss-reactive ketones (excluding diaryl/α,β-unsaturated/α-hetero) is 1. The fourth-order valence-corrected chi connectivity index (χ4v) is 4.01. The number of nitrogens with two attached hydrogens (primary N) is 1. The highest BCUT2D eigenvalue weighted by Crippen LogP contribution is 2.41. The smallest absolute Gasteiger partial charge is 0.202 e. The van der Waals surface area contributed by atoms with Crippen molar-refractivity contribution in [3.05, 3.63) is 69.1 Å². The Morgan fingerprint density at radius 1 is 1.32 bits per heavy atom.